The third-order valence-corrected chi connectivity index (χ3v) is 3.74. The fourth-order valence-electron chi connectivity index (χ4n) is 2.39. The van der Waals surface area contributed by atoms with E-state index in [2.05, 4.69) is 31.3 Å². The number of aliphatic hydroxyl groups is 1. The van der Waals surface area contributed by atoms with Crippen molar-refractivity contribution in [2.24, 2.45) is 5.92 Å². The Balaban J connectivity index is 2.86. The van der Waals surface area contributed by atoms with Gasteiger partial charge in [0.05, 0.1) is 12.6 Å². The Hall–Kier alpha value is -1.55. The monoisotopic (exact) mass is 278 g/mol. The number of nitrogens with zero attached hydrogens (tertiary/aromatic N) is 1. The van der Waals surface area contributed by atoms with E-state index in [1.807, 2.05) is 18.2 Å². The van der Waals surface area contributed by atoms with E-state index < -0.39 is 0 Å². The molecule has 0 aliphatic heterocycles. The lowest BCUT2D eigenvalue weighted by molar-refractivity contribution is 0.182. The van der Waals surface area contributed by atoms with Crippen LogP contribution in [-0.4, -0.2) is 36.2 Å². The summed E-state index contributed by atoms with van der Waals surface area (Å²) < 4.78 is 0. The van der Waals surface area contributed by atoms with E-state index in [1.54, 1.807) is 7.05 Å². The van der Waals surface area contributed by atoms with Gasteiger partial charge in [-0.25, -0.2) is 4.79 Å². The Labute approximate surface area is 121 Å². The topological polar surface area (TPSA) is 52.6 Å². The van der Waals surface area contributed by atoms with E-state index in [0.29, 0.717) is 12.5 Å². The molecule has 1 unspecified atom stereocenters. The van der Waals surface area contributed by atoms with Gasteiger partial charge in [0.1, 0.15) is 0 Å². The molecule has 1 atom stereocenters. The van der Waals surface area contributed by atoms with Crippen LogP contribution >= 0.6 is 0 Å². The number of carbonyl (C=O) groups excluding carboxylic acids is 1. The van der Waals surface area contributed by atoms with Gasteiger partial charge >= 0.3 is 6.03 Å². The molecule has 0 aliphatic carbocycles. The van der Waals surface area contributed by atoms with Crippen molar-refractivity contribution >= 4 is 6.03 Å². The highest BCUT2D eigenvalue weighted by Crippen LogP contribution is 2.27. The predicted octanol–water partition coefficient (Wildman–Crippen LogP) is 2.80. The van der Waals surface area contributed by atoms with Crippen molar-refractivity contribution in [3.63, 3.8) is 0 Å². The molecule has 112 valence electrons. The minimum absolute atomic E-state index is 0.0137. The van der Waals surface area contributed by atoms with Gasteiger partial charge in [0.2, 0.25) is 0 Å². The Bertz CT molecular complexity index is 391. The molecule has 0 fully saturated rings. The van der Waals surface area contributed by atoms with E-state index in [4.69, 9.17) is 5.11 Å². The second-order valence-electron chi connectivity index (χ2n) is 5.06. The lowest BCUT2D eigenvalue weighted by atomic mass is 9.89. The van der Waals surface area contributed by atoms with Gasteiger partial charge in [0.15, 0.2) is 0 Å². The number of benzene rings is 1. The molecule has 0 heterocycles. The summed E-state index contributed by atoms with van der Waals surface area (Å²) in [6.07, 6.45) is 2.03. The molecule has 0 bridgehead atoms. The smallest absolute Gasteiger partial charge is 0.317 e. The Morgan fingerprint density at radius 3 is 2.35 bits per heavy atom. The second kappa shape index (κ2) is 8.59. The summed E-state index contributed by atoms with van der Waals surface area (Å²) in [7, 11) is 1.69. The zero-order chi connectivity index (χ0) is 15.0. The zero-order valence-electron chi connectivity index (χ0n) is 12.7. The number of nitrogens with one attached hydrogen (secondary N) is 1. The van der Waals surface area contributed by atoms with Crippen molar-refractivity contribution in [1.82, 2.24) is 10.2 Å². The van der Waals surface area contributed by atoms with Gasteiger partial charge in [-0.1, -0.05) is 57.0 Å². The molecule has 0 aliphatic rings. The summed E-state index contributed by atoms with van der Waals surface area (Å²) in [5.74, 6) is 0.406. The van der Waals surface area contributed by atoms with Crippen molar-refractivity contribution in [1.29, 1.82) is 0 Å². The van der Waals surface area contributed by atoms with E-state index in [-0.39, 0.29) is 18.7 Å². The quantitative estimate of drug-likeness (QED) is 0.806. The molecule has 0 saturated carbocycles. The number of carbonyl (C=O) groups is 1. The normalized spacial score (nSPS) is 12.2. The molecular weight excluding hydrogens is 252 g/mol. The van der Waals surface area contributed by atoms with Crippen LogP contribution in [0.25, 0.3) is 0 Å². The molecule has 1 aromatic rings. The maximum Gasteiger partial charge on any atom is 0.317 e. The van der Waals surface area contributed by atoms with Crippen LogP contribution < -0.4 is 5.32 Å². The number of hydrogen-bond acceptors (Lipinski definition) is 2. The number of amides is 2. The van der Waals surface area contributed by atoms with Crippen LogP contribution in [0.15, 0.2) is 30.3 Å². The van der Waals surface area contributed by atoms with Crippen molar-refractivity contribution < 1.29 is 9.90 Å². The second-order valence-corrected chi connectivity index (χ2v) is 5.06. The molecule has 2 N–H and O–H groups in total. The molecule has 0 spiro atoms. The number of likely N-dealkylation sites (N-methyl/N-ethyl adjacent to an activating group) is 1. The van der Waals surface area contributed by atoms with Crippen LogP contribution in [0.2, 0.25) is 0 Å². The molecule has 4 heteroatoms. The van der Waals surface area contributed by atoms with Crippen LogP contribution in [0.3, 0.4) is 0 Å². The Morgan fingerprint density at radius 1 is 1.25 bits per heavy atom. The van der Waals surface area contributed by atoms with Crippen molar-refractivity contribution in [2.45, 2.75) is 32.7 Å². The Morgan fingerprint density at radius 2 is 1.85 bits per heavy atom. The third-order valence-electron chi connectivity index (χ3n) is 3.74. The first-order chi connectivity index (χ1) is 9.63. The first-order valence-electron chi connectivity index (χ1n) is 7.31. The maximum atomic E-state index is 12.2. The van der Waals surface area contributed by atoms with Gasteiger partial charge in [-0.2, -0.15) is 0 Å². The first kappa shape index (κ1) is 16.5. The highest BCUT2D eigenvalue weighted by Gasteiger charge is 2.23. The van der Waals surface area contributed by atoms with E-state index in [9.17, 15) is 4.79 Å². The third kappa shape index (κ3) is 4.53. The fraction of sp³-hybridized carbons (Fsp3) is 0.562. The van der Waals surface area contributed by atoms with Crippen molar-refractivity contribution in [2.75, 3.05) is 20.2 Å². The summed E-state index contributed by atoms with van der Waals surface area (Å²) in [5.41, 5.74) is 1.13. The summed E-state index contributed by atoms with van der Waals surface area (Å²) in [5, 5.41) is 12.0. The largest absolute Gasteiger partial charge is 0.395 e. The molecule has 20 heavy (non-hydrogen) atoms. The van der Waals surface area contributed by atoms with Crippen molar-refractivity contribution in [3.8, 4) is 0 Å². The minimum Gasteiger partial charge on any atom is -0.395 e. The molecular formula is C16H26N2O2. The Kier molecular flexibility index (Phi) is 7.09. The number of hydrogen-bond donors (Lipinski definition) is 2. The lowest BCUT2D eigenvalue weighted by Gasteiger charge is -2.29. The summed E-state index contributed by atoms with van der Waals surface area (Å²) in [6, 6.07) is 9.94. The first-order valence-corrected chi connectivity index (χ1v) is 7.31. The standard InChI is InChI=1S/C16H26N2O2/c1-4-13(5-2)15(14-9-7-6-8-10-14)17-16(20)18(3)11-12-19/h6-10,13,15,19H,4-5,11-12H2,1-3H3,(H,17,20). The van der Waals surface area contributed by atoms with Gasteiger partial charge in [-0.15, -0.1) is 0 Å². The molecule has 1 rings (SSSR count). The molecule has 0 aromatic heterocycles. The van der Waals surface area contributed by atoms with Gasteiger partial charge in [0.25, 0.3) is 0 Å². The summed E-state index contributed by atoms with van der Waals surface area (Å²) in [6.45, 7) is 4.61. The molecule has 0 radical (unpaired) electrons. The number of urea groups is 1. The summed E-state index contributed by atoms with van der Waals surface area (Å²) in [4.78, 5) is 13.7. The van der Waals surface area contributed by atoms with Gasteiger partial charge in [-0.3, -0.25) is 0 Å². The van der Waals surface area contributed by atoms with E-state index >= 15 is 0 Å². The summed E-state index contributed by atoms with van der Waals surface area (Å²) >= 11 is 0. The van der Waals surface area contributed by atoms with Gasteiger partial charge in [0, 0.05) is 13.6 Å². The van der Waals surface area contributed by atoms with Crippen LogP contribution in [0, 0.1) is 5.92 Å². The average Bonchev–Trinajstić information content (AvgIpc) is 2.48. The average molecular weight is 278 g/mol. The van der Waals surface area contributed by atoms with Crippen LogP contribution in [0.4, 0.5) is 4.79 Å². The van der Waals surface area contributed by atoms with Crippen LogP contribution in [0.5, 0.6) is 0 Å². The predicted molar refractivity (Wildman–Crippen MR) is 81.5 cm³/mol. The van der Waals surface area contributed by atoms with Crippen molar-refractivity contribution in [3.05, 3.63) is 35.9 Å². The van der Waals surface area contributed by atoms with Gasteiger partial charge < -0.3 is 15.3 Å². The molecule has 2 amide bonds. The number of aliphatic hydroxyl groups excluding tert-OH is 1. The SMILES string of the molecule is CCC(CC)C(NC(=O)N(C)CCO)c1ccccc1. The highest BCUT2D eigenvalue weighted by molar-refractivity contribution is 5.74. The molecule has 0 saturated heterocycles. The zero-order valence-corrected chi connectivity index (χ0v) is 12.7. The maximum absolute atomic E-state index is 12.2. The molecule has 4 nitrogen and oxygen atoms in total. The van der Waals surface area contributed by atoms with Gasteiger partial charge in [-0.05, 0) is 11.5 Å². The number of rotatable bonds is 7. The molecule has 1 aromatic carbocycles. The van der Waals surface area contributed by atoms with Crippen LogP contribution in [-0.2, 0) is 0 Å². The fourth-order valence-corrected chi connectivity index (χ4v) is 2.39. The lowest BCUT2D eigenvalue weighted by Crippen LogP contribution is -2.42. The minimum atomic E-state index is -0.139. The van der Waals surface area contributed by atoms with Crippen LogP contribution in [0.1, 0.15) is 38.3 Å². The van der Waals surface area contributed by atoms with E-state index in [0.717, 1.165) is 18.4 Å². The van der Waals surface area contributed by atoms with E-state index in [1.165, 1.54) is 4.90 Å². The highest BCUT2D eigenvalue weighted by atomic mass is 16.3.